The first-order valence-corrected chi connectivity index (χ1v) is 12.0. The molecular formula is C26H27ClF5N5O2. The third kappa shape index (κ3) is 6.05. The Kier molecular flexibility index (Phi) is 8.12. The fraction of sp³-hybridized carbons (Fsp3) is 0.385. The predicted molar refractivity (Wildman–Crippen MR) is 138 cm³/mol. The summed E-state index contributed by atoms with van der Waals surface area (Å²) in [6, 6.07) is 3.67. The highest BCUT2D eigenvalue weighted by molar-refractivity contribution is 6.31. The summed E-state index contributed by atoms with van der Waals surface area (Å²) in [7, 11) is 1.37. The maximum absolute atomic E-state index is 14.3. The average molecular weight is 572 g/mol. The molecule has 0 saturated carbocycles. The Morgan fingerprint density at radius 1 is 1.26 bits per heavy atom. The Labute approximate surface area is 226 Å². The Bertz CT molecular complexity index is 1420. The summed E-state index contributed by atoms with van der Waals surface area (Å²) < 4.78 is 70.2. The standard InChI is InChI=1S/C26H27ClF5N5O2/c1-13(38)12-37-19(24(2,3)17-9-15(28)6-7-18(17)27)21(35-22(37)20(33)34-5)36-23(39)25(4)10-14(26(30,31)32)8-16(29)11-25/h6-10H,11-12H2,1-5H3,(H2,33,34)(H,36,39). The summed E-state index contributed by atoms with van der Waals surface area (Å²) in [5.41, 5.74) is 1.95. The van der Waals surface area contributed by atoms with Gasteiger partial charge >= 0.3 is 6.18 Å². The number of imidazole rings is 1. The number of Topliss-reactive ketones (excluding diaryl/α,β-unsaturated/α-hetero) is 1. The van der Waals surface area contributed by atoms with Crippen LogP contribution in [0.2, 0.25) is 5.02 Å². The van der Waals surface area contributed by atoms with Crippen molar-refractivity contribution in [1.29, 1.82) is 0 Å². The monoisotopic (exact) mass is 571 g/mol. The van der Waals surface area contributed by atoms with Crippen LogP contribution in [0, 0.1) is 11.2 Å². The summed E-state index contributed by atoms with van der Waals surface area (Å²) >= 11 is 6.40. The molecule has 7 nitrogen and oxygen atoms in total. The van der Waals surface area contributed by atoms with Crippen molar-refractivity contribution in [3.05, 3.63) is 69.7 Å². The van der Waals surface area contributed by atoms with E-state index in [-0.39, 0.29) is 46.1 Å². The lowest BCUT2D eigenvalue weighted by atomic mass is 9.79. The quantitative estimate of drug-likeness (QED) is 0.256. The van der Waals surface area contributed by atoms with E-state index in [1.165, 1.54) is 30.7 Å². The highest BCUT2D eigenvalue weighted by atomic mass is 35.5. The normalized spacial score (nSPS) is 18.5. The number of hydrogen-bond donors (Lipinski definition) is 2. The molecule has 13 heteroatoms. The summed E-state index contributed by atoms with van der Waals surface area (Å²) in [6.45, 7) is 5.44. The minimum Gasteiger partial charge on any atom is -0.381 e. The minimum absolute atomic E-state index is 0.0232. The van der Waals surface area contributed by atoms with Gasteiger partial charge in [-0.2, -0.15) is 13.2 Å². The number of anilines is 1. The number of ketones is 1. The molecule has 1 aliphatic carbocycles. The van der Waals surface area contributed by atoms with Crippen LogP contribution in [0.5, 0.6) is 0 Å². The number of aliphatic imine (C=N–C) groups is 1. The van der Waals surface area contributed by atoms with Crippen LogP contribution in [0.4, 0.5) is 27.8 Å². The molecule has 0 saturated heterocycles. The van der Waals surface area contributed by atoms with Gasteiger partial charge in [-0.1, -0.05) is 31.5 Å². The Hall–Kier alpha value is -3.54. The number of amidine groups is 1. The van der Waals surface area contributed by atoms with E-state index in [4.69, 9.17) is 17.3 Å². The molecule has 0 spiro atoms. The molecule has 0 aliphatic heterocycles. The molecule has 0 fully saturated rings. The van der Waals surface area contributed by atoms with Crippen LogP contribution in [-0.2, 0) is 21.5 Å². The van der Waals surface area contributed by atoms with Gasteiger partial charge in [-0.05, 0) is 43.7 Å². The van der Waals surface area contributed by atoms with E-state index in [1.807, 2.05) is 0 Å². The van der Waals surface area contributed by atoms with Crippen molar-refractivity contribution in [2.45, 2.75) is 52.3 Å². The van der Waals surface area contributed by atoms with Crippen LogP contribution in [-0.4, -0.2) is 40.3 Å². The fourth-order valence-corrected chi connectivity index (χ4v) is 4.87. The van der Waals surface area contributed by atoms with E-state index in [0.717, 1.165) is 13.0 Å². The van der Waals surface area contributed by atoms with E-state index >= 15 is 0 Å². The fourth-order valence-electron chi connectivity index (χ4n) is 4.52. The van der Waals surface area contributed by atoms with Crippen molar-refractivity contribution in [2.24, 2.45) is 16.1 Å². The molecule has 3 N–H and O–H groups in total. The van der Waals surface area contributed by atoms with Crippen LogP contribution >= 0.6 is 11.6 Å². The summed E-state index contributed by atoms with van der Waals surface area (Å²) in [5.74, 6) is -3.39. The highest BCUT2D eigenvalue weighted by Gasteiger charge is 2.44. The number of carbonyl (C=O) groups excluding carboxylic acids is 2. The van der Waals surface area contributed by atoms with Gasteiger partial charge in [-0.25, -0.2) is 13.8 Å². The van der Waals surface area contributed by atoms with Gasteiger partial charge in [0.05, 0.1) is 23.2 Å². The molecule has 3 rings (SSSR count). The zero-order valence-electron chi connectivity index (χ0n) is 21.8. The molecule has 1 unspecified atom stereocenters. The second kappa shape index (κ2) is 10.6. The van der Waals surface area contributed by atoms with Gasteiger partial charge in [0.25, 0.3) is 0 Å². The molecule has 39 heavy (non-hydrogen) atoms. The van der Waals surface area contributed by atoms with Crippen LogP contribution in [0.1, 0.15) is 51.2 Å². The van der Waals surface area contributed by atoms with Gasteiger partial charge in [0.15, 0.2) is 17.5 Å². The van der Waals surface area contributed by atoms with Gasteiger partial charge in [0.1, 0.15) is 17.4 Å². The van der Waals surface area contributed by atoms with E-state index < -0.39 is 46.6 Å². The number of nitrogens with two attached hydrogens (primary N) is 1. The zero-order chi connectivity index (χ0) is 29.5. The summed E-state index contributed by atoms with van der Waals surface area (Å²) in [4.78, 5) is 34.0. The van der Waals surface area contributed by atoms with Gasteiger partial charge < -0.3 is 15.6 Å². The van der Waals surface area contributed by atoms with Gasteiger partial charge in [-0.15, -0.1) is 0 Å². The van der Waals surface area contributed by atoms with Crippen LogP contribution in [0.3, 0.4) is 0 Å². The van der Waals surface area contributed by atoms with Crippen molar-refractivity contribution < 1.29 is 31.5 Å². The Morgan fingerprint density at radius 3 is 2.46 bits per heavy atom. The second-order valence-electron chi connectivity index (χ2n) is 10.0. The van der Waals surface area contributed by atoms with Gasteiger partial charge in [0.2, 0.25) is 5.91 Å². The first-order valence-electron chi connectivity index (χ1n) is 11.7. The van der Waals surface area contributed by atoms with Crippen molar-refractivity contribution in [1.82, 2.24) is 9.55 Å². The van der Waals surface area contributed by atoms with E-state index in [1.54, 1.807) is 13.8 Å². The zero-order valence-corrected chi connectivity index (χ0v) is 22.6. The Morgan fingerprint density at radius 2 is 1.90 bits per heavy atom. The average Bonchev–Trinajstić information content (AvgIpc) is 3.16. The van der Waals surface area contributed by atoms with Crippen molar-refractivity contribution in [3.8, 4) is 0 Å². The molecule has 1 aliphatic rings. The SMILES string of the molecule is CN=C(N)c1nc(NC(=O)C2(C)C=C(C(F)(F)F)C=C(F)C2)c(C(C)(C)c2cc(F)ccc2Cl)n1CC(C)=O. The maximum atomic E-state index is 14.3. The largest absolute Gasteiger partial charge is 0.416 e. The topological polar surface area (TPSA) is 102 Å². The molecule has 1 atom stereocenters. The lowest BCUT2D eigenvalue weighted by molar-refractivity contribution is -0.123. The molecule has 1 heterocycles. The number of benzene rings is 1. The summed E-state index contributed by atoms with van der Waals surface area (Å²) in [5, 5.41) is 2.66. The Balaban J connectivity index is 2.26. The lowest BCUT2D eigenvalue weighted by Crippen LogP contribution is -2.36. The number of alkyl halides is 3. The maximum Gasteiger partial charge on any atom is 0.416 e. The van der Waals surface area contributed by atoms with Crippen LogP contribution < -0.4 is 11.1 Å². The third-order valence-electron chi connectivity index (χ3n) is 6.41. The van der Waals surface area contributed by atoms with Crippen molar-refractivity contribution in [2.75, 3.05) is 12.4 Å². The molecule has 210 valence electrons. The number of carbonyl (C=O) groups is 2. The third-order valence-corrected chi connectivity index (χ3v) is 6.74. The number of aromatic nitrogens is 2. The molecule has 2 aromatic rings. The van der Waals surface area contributed by atoms with Crippen LogP contribution in [0.15, 0.2) is 46.7 Å². The second-order valence-corrected chi connectivity index (χ2v) is 10.4. The molecule has 1 aromatic carbocycles. The molecule has 0 radical (unpaired) electrons. The highest BCUT2D eigenvalue weighted by Crippen LogP contribution is 2.43. The molecular weight excluding hydrogens is 545 g/mol. The van der Waals surface area contributed by atoms with E-state index in [9.17, 15) is 31.5 Å². The lowest BCUT2D eigenvalue weighted by Gasteiger charge is -2.31. The first kappa shape index (κ1) is 30.0. The molecule has 0 bridgehead atoms. The number of amides is 1. The number of hydrogen-bond acceptors (Lipinski definition) is 4. The van der Waals surface area contributed by atoms with Crippen molar-refractivity contribution >= 4 is 34.9 Å². The smallest absolute Gasteiger partial charge is 0.381 e. The van der Waals surface area contributed by atoms with Gasteiger partial charge in [0, 0.05) is 23.9 Å². The van der Waals surface area contributed by atoms with E-state index in [0.29, 0.717) is 12.2 Å². The first-order chi connectivity index (χ1) is 17.9. The number of rotatable bonds is 7. The number of nitrogens with one attached hydrogen (secondary N) is 1. The predicted octanol–water partition coefficient (Wildman–Crippen LogP) is 5.62. The summed E-state index contributed by atoms with van der Waals surface area (Å²) in [6.07, 6.45) is -4.53. The van der Waals surface area contributed by atoms with Crippen LogP contribution in [0.25, 0.3) is 0 Å². The van der Waals surface area contributed by atoms with E-state index in [2.05, 4.69) is 15.3 Å². The van der Waals surface area contributed by atoms with Crippen molar-refractivity contribution in [3.63, 3.8) is 0 Å². The number of nitrogens with zero attached hydrogens (tertiary/aromatic N) is 3. The number of allylic oxidation sites excluding steroid dienone is 3. The molecule has 1 amide bonds. The van der Waals surface area contributed by atoms with Gasteiger partial charge in [-0.3, -0.25) is 14.6 Å². The number of halogens is 6. The minimum atomic E-state index is -4.89. The molecule has 1 aromatic heterocycles.